The summed E-state index contributed by atoms with van der Waals surface area (Å²) >= 11 is 5.72. The van der Waals surface area contributed by atoms with Crippen LogP contribution in [-0.4, -0.2) is 18.6 Å². The molecule has 0 aliphatic carbocycles. The van der Waals surface area contributed by atoms with Gasteiger partial charge in [0.2, 0.25) is 0 Å². The standard InChI is InChI=1S/C32H45ClF3NO2/c1-3-5-6-7-8-9-10-11-12-13-14-18-27(39-22-4-2)23-25-17-15-16-19-28(25)31(38)37-26-20-21-30(33)29(24-26)32(34,35)36/h15-17,19-21,24,27H,3-14,18,22-23H2,1-2H3,(H,37,38). The van der Waals surface area contributed by atoms with Gasteiger partial charge in [-0.3, -0.25) is 4.79 Å². The molecule has 0 aliphatic heterocycles. The van der Waals surface area contributed by atoms with Crippen LogP contribution in [0, 0.1) is 0 Å². The molecule has 0 aliphatic rings. The van der Waals surface area contributed by atoms with E-state index in [9.17, 15) is 18.0 Å². The molecule has 2 aromatic rings. The first-order valence-electron chi connectivity index (χ1n) is 14.6. The zero-order valence-corrected chi connectivity index (χ0v) is 24.3. The van der Waals surface area contributed by atoms with E-state index in [2.05, 4.69) is 19.2 Å². The summed E-state index contributed by atoms with van der Waals surface area (Å²) in [5.41, 5.74) is 0.329. The van der Waals surface area contributed by atoms with Gasteiger partial charge < -0.3 is 10.1 Å². The van der Waals surface area contributed by atoms with Gasteiger partial charge in [-0.25, -0.2) is 0 Å². The molecule has 2 rings (SSSR count). The Bertz CT molecular complexity index is 980. The number of unbranched alkanes of at least 4 members (excludes halogenated alkanes) is 10. The maximum atomic E-state index is 13.2. The minimum absolute atomic E-state index is 0.00942. The molecule has 1 N–H and O–H groups in total. The van der Waals surface area contributed by atoms with Gasteiger partial charge in [0.05, 0.1) is 16.7 Å². The summed E-state index contributed by atoms with van der Waals surface area (Å²) < 4.78 is 45.9. The molecule has 0 saturated heterocycles. The molecule has 1 amide bonds. The molecule has 0 radical (unpaired) electrons. The number of hydrogen-bond donors (Lipinski definition) is 1. The van der Waals surface area contributed by atoms with Gasteiger partial charge in [0.15, 0.2) is 0 Å². The van der Waals surface area contributed by atoms with E-state index >= 15 is 0 Å². The summed E-state index contributed by atoms with van der Waals surface area (Å²) in [6, 6.07) is 10.6. The van der Waals surface area contributed by atoms with Crippen LogP contribution in [0.5, 0.6) is 0 Å². The van der Waals surface area contributed by atoms with Crippen LogP contribution in [0.2, 0.25) is 5.02 Å². The average Bonchev–Trinajstić information content (AvgIpc) is 2.90. The largest absolute Gasteiger partial charge is 0.417 e. The lowest BCUT2D eigenvalue weighted by Crippen LogP contribution is -2.21. The van der Waals surface area contributed by atoms with Gasteiger partial charge in [0.25, 0.3) is 5.91 Å². The van der Waals surface area contributed by atoms with Gasteiger partial charge in [0.1, 0.15) is 0 Å². The smallest absolute Gasteiger partial charge is 0.378 e. The molecule has 0 heterocycles. The summed E-state index contributed by atoms with van der Waals surface area (Å²) in [5.74, 6) is -0.454. The predicted molar refractivity (Wildman–Crippen MR) is 156 cm³/mol. The lowest BCUT2D eigenvalue weighted by molar-refractivity contribution is -0.137. The number of amides is 1. The maximum absolute atomic E-state index is 13.2. The summed E-state index contributed by atoms with van der Waals surface area (Å²) in [6.07, 6.45) is 11.9. The number of carbonyl (C=O) groups is 1. The van der Waals surface area contributed by atoms with Gasteiger partial charge in [-0.2, -0.15) is 13.2 Å². The van der Waals surface area contributed by atoms with E-state index < -0.39 is 22.7 Å². The van der Waals surface area contributed by atoms with Crippen LogP contribution in [0.15, 0.2) is 42.5 Å². The van der Waals surface area contributed by atoms with Crippen LogP contribution >= 0.6 is 11.6 Å². The number of nitrogens with one attached hydrogen (secondary N) is 1. The fourth-order valence-electron chi connectivity index (χ4n) is 4.75. The Balaban J connectivity index is 1.90. The zero-order chi connectivity index (χ0) is 28.5. The molecular formula is C32H45ClF3NO2. The predicted octanol–water partition coefficient (Wildman–Crippen LogP) is 10.6. The van der Waals surface area contributed by atoms with Crippen molar-refractivity contribution in [1.82, 2.24) is 0 Å². The number of anilines is 1. The van der Waals surface area contributed by atoms with Crippen LogP contribution in [0.1, 0.15) is 119 Å². The van der Waals surface area contributed by atoms with Crippen molar-refractivity contribution in [1.29, 1.82) is 0 Å². The number of alkyl halides is 3. The highest BCUT2D eigenvalue weighted by molar-refractivity contribution is 6.31. The van der Waals surface area contributed by atoms with Crippen LogP contribution in [0.25, 0.3) is 0 Å². The van der Waals surface area contributed by atoms with Crippen molar-refractivity contribution in [2.75, 3.05) is 11.9 Å². The van der Waals surface area contributed by atoms with E-state index in [-0.39, 0.29) is 11.8 Å². The van der Waals surface area contributed by atoms with Crippen molar-refractivity contribution in [3.8, 4) is 0 Å². The molecule has 39 heavy (non-hydrogen) atoms. The molecule has 0 spiro atoms. The number of rotatable bonds is 19. The summed E-state index contributed by atoms with van der Waals surface area (Å²) in [5, 5.41) is 2.20. The molecule has 1 atom stereocenters. The number of carbonyl (C=O) groups excluding carboxylic acids is 1. The van der Waals surface area contributed by atoms with Crippen molar-refractivity contribution in [3.05, 3.63) is 64.2 Å². The first kappa shape index (κ1) is 33.2. The normalized spacial score (nSPS) is 12.5. The van der Waals surface area contributed by atoms with E-state index in [0.717, 1.165) is 37.0 Å². The lowest BCUT2D eigenvalue weighted by atomic mass is 9.97. The van der Waals surface area contributed by atoms with Crippen LogP contribution in [0.4, 0.5) is 18.9 Å². The fourth-order valence-corrected chi connectivity index (χ4v) is 4.97. The fraction of sp³-hybridized carbons (Fsp3) is 0.594. The number of benzene rings is 2. The molecule has 0 fully saturated rings. The average molecular weight is 568 g/mol. The van der Waals surface area contributed by atoms with Gasteiger partial charge >= 0.3 is 6.18 Å². The third kappa shape index (κ3) is 12.8. The molecule has 1 unspecified atom stereocenters. The minimum atomic E-state index is -4.60. The quantitative estimate of drug-likeness (QED) is 0.171. The number of halogens is 4. The van der Waals surface area contributed by atoms with E-state index in [0.29, 0.717) is 18.6 Å². The Labute approximate surface area is 237 Å². The third-order valence-corrected chi connectivity index (χ3v) is 7.26. The summed E-state index contributed by atoms with van der Waals surface area (Å²) in [4.78, 5) is 13.1. The second-order valence-electron chi connectivity index (χ2n) is 10.3. The summed E-state index contributed by atoms with van der Waals surface area (Å²) in [6.45, 7) is 4.97. The highest BCUT2D eigenvalue weighted by atomic mass is 35.5. The van der Waals surface area contributed by atoms with Gasteiger partial charge in [-0.15, -0.1) is 0 Å². The third-order valence-electron chi connectivity index (χ3n) is 6.93. The van der Waals surface area contributed by atoms with E-state index in [1.165, 1.54) is 70.3 Å². The van der Waals surface area contributed by atoms with Crippen LogP contribution in [0.3, 0.4) is 0 Å². The Kier molecular flexibility index (Phi) is 15.6. The van der Waals surface area contributed by atoms with E-state index in [1.807, 2.05) is 12.1 Å². The molecule has 0 aromatic heterocycles. The van der Waals surface area contributed by atoms with Gasteiger partial charge in [-0.05, 0) is 49.1 Å². The molecule has 7 heteroatoms. The Morgan fingerprint density at radius 2 is 1.49 bits per heavy atom. The second kappa shape index (κ2) is 18.3. The van der Waals surface area contributed by atoms with Crippen molar-refractivity contribution >= 4 is 23.2 Å². The van der Waals surface area contributed by atoms with Crippen molar-refractivity contribution < 1.29 is 22.7 Å². The molecule has 0 bridgehead atoms. The van der Waals surface area contributed by atoms with Gasteiger partial charge in [-0.1, -0.05) is 114 Å². The lowest BCUT2D eigenvalue weighted by Gasteiger charge is -2.20. The summed E-state index contributed by atoms with van der Waals surface area (Å²) in [7, 11) is 0. The molecule has 0 saturated carbocycles. The maximum Gasteiger partial charge on any atom is 0.417 e. The molecule has 2 aromatic carbocycles. The van der Waals surface area contributed by atoms with E-state index in [1.54, 1.807) is 12.1 Å². The van der Waals surface area contributed by atoms with Crippen molar-refractivity contribution in [3.63, 3.8) is 0 Å². The van der Waals surface area contributed by atoms with Crippen LogP contribution in [-0.2, 0) is 17.3 Å². The zero-order valence-electron chi connectivity index (χ0n) is 23.6. The highest BCUT2D eigenvalue weighted by Gasteiger charge is 2.33. The van der Waals surface area contributed by atoms with Gasteiger partial charge in [0, 0.05) is 17.9 Å². The number of hydrogen-bond acceptors (Lipinski definition) is 2. The Morgan fingerprint density at radius 1 is 0.872 bits per heavy atom. The second-order valence-corrected chi connectivity index (χ2v) is 10.7. The Morgan fingerprint density at radius 3 is 2.10 bits per heavy atom. The first-order chi connectivity index (χ1) is 18.8. The van der Waals surface area contributed by atoms with Crippen molar-refractivity contribution in [2.45, 2.75) is 116 Å². The molecular weight excluding hydrogens is 523 g/mol. The monoisotopic (exact) mass is 567 g/mol. The SMILES string of the molecule is CCCCCCCCCCCCCC(Cc1ccccc1C(=O)Nc1ccc(Cl)c(C(F)(F)F)c1)OCCC. The molecule has 3 nitrogen and oxygen atoms in total. The van der Waals surface area contributed by atoms with Crippen molar-refractivity contribution in [2.24, 2.45) is 0 Å². The van der Waals surface area contributed by atoms with E-state index in [4.69, 9.17) is 16.3 Å². The topological polar surface area (TPSA) is 38.3 Å². The highest BCUT2D eigenvalue weighted by Crippen LogP contribution is 2.36. The Hall–Kier alpha value is -2.05. The number of ether oxygens (including phenoxy) is 1. The molecule has 218 valence electrons. The minimum Gasteiger partial charge on any atom is -0.378 e. The first-order valence-corrected chi connectivity index (χ1v) is 15.0. The van der Waals surface area contributed by atoms with Crippen LogP contribution < -0.4 is 5.32 Å².